The highest BCUT2D eigenvalue weighted by Gasteiger charge is 2.17. The molecule has 0 radical (unpaired) electrons. The lowest BCUT2D eigenvalue weighted by molar-refractivity contribution is 0.0602. The Labute approximate surface area is 119 Å². The third kappa shape index (κ3) is 4.31. The Kier molecular flexibility index (Phi) is 5.96. The number of ether oxygens (including phenoxy) is 1. The topological polar surface area (TPSA) is 64.3 Å². The van der Waals surface area contributed by atoms with Gasteiger partial charge < -0.3 is 15.8 Å². The highest BCUT2D eigenvalue weighted by atomic mass is 35.5. The summed E-state index contributed by atoms with van der Waals surface area (Å²) in [6, 6.07) is 3.43. The van der Waals surface area contributed by atoms with Gasteiger partial charge in [0.25, 0.3) is 0 Å². The van der Waals surface area contributed by atoms with E-state index in [1.54, 1.807) is 12.1 Å². The smallest absolute Gasteiger partial charge is 0.340 e. The van der Waals surface area contributed by atoms with Crippen molar-refractivity contribution in [2.24, 2.45) is 0 Å². The van der Waals surface area contributed by atoms with Crippen LogP contribution in [0.15, 0.2) is 12.1 Å². The quantitative estimate of drug-likeness (QED) is 0.617. The number of nitrogens with two attached hydrogens (primary N) is 1. The molecule has 3 N–H and O–H groups in total. The van der Waals surface area contributed by atoms with Crippen LogP contribution in [-0.4, -0.2) is 19.1 Å². The maximum absolute atomic E-state index is 11.8. The summed E-state index contributed by atoms with van der Waals surface area (Å²) in [5.74, 6) is -0.445. The number of hydrogen-bond donors (Lipinski definition) is 2. The van der Waals surface area contributed by atoms with Crippen LogP contribution in [0.2, 0.25) is 5.02 Å². The van der Waals surface area contributed by atoms with Gasteiger partial charge in [-0.15, -0.1) is 0 Å². The van der Waals surface area contributed by atoms with Crippen LogP contribution in [0.3, 0.4) is 0 Å². The number of halogens is 1. The molecule has 1 aromatic rings. The summed E-state index contributed by atoms with van der Waals surface area (Å²) in [6.45, 7) is 4.20. The summed E-state index contributed by atoms with van der Waals surface area (Å²) in [5.41, 5.74) is 7.11. The molecule has 19 heavy (non-hydrogen) atoms. The Morgan fingerprint density at radius 2 is 2.21 bits per heavy atom. The minimum atomic E-state index is -0.445. The summed E-state index contributed by atoms with van der Waals surface area (Å²) >= 11 is 6.16. The first kappa shape index (κ1) is 15.6. The number of rotatable bonds is 6. The number of unbranched alkanes of at least 4 members (excludes halogenated alkanes) is 1. The van der Waals surface area contributed by atoms with E-state index in [2.05, 4.69) is 19.2 Å². The van der Waals surface area contributed by atoms with Gasteiger partial charge >= 0.3 is 5.97 Å². The molecule has 0 heterocycles. The van der Waals surface area contributed by atoms with Gasteiger partial charge in [0.1, 0.15) is 0 Å². The van der Waals surface area contributed by atoms with Gasteiger partial charge in [0.05, 0.1) is 23.4 Å². The summed E-state index contributed by atoms with van der Waals surface area (Å²) < 4.78 is 4.76. The van der Waals surface area contributed by atoms with Crippen LogP contribution < -0.4 is 11.1 Å². The van der Waals surface area contributed by atoms with Gasteiger partial charge in [-0.05, 0) is 25.5 Å². The Morgan fingerprint density at radius 3 is 2.79 bits per heavy atom. The van der Waals surface area contributed by atoms with Crippen LogP contribution in [0.5, 0.6) is 0 Å². The number of carbonyl (C=O) groups is 1. The number of esters is 1. The largest absolute Gasteiger partial charge is 0.465 e. The molecule has 4 nitrogen and oxygen atoms in total. The average Bonchev–Trinajstić information content (AvgIpc) is 2.38. The van der Waals surface area contributed by atoms with Crippen molar-refractivity contribution in [2.75, 3.05) is 18.2 Å². The molecule has 0 aliphatic carbocycles. The lowest BCUT2D eigenvalue weighted by atomic mass is 10.1. The molecule has 1 aromatic carbocycles. The number of nitrogen functional groups attached to an aromatic ring is 1. The Morgan fingerprint density at radius 1 is 1.53 bits per heavy atom. The van der Waals surface area contributed by atoms with Crippen molar-refractivity contribution in [3.8, 4) is 0 Å². The second-order valence-corrected chi connectivity index (χ2v) is 5.01. The number of anilines is 2. The van der Waals surface area contributed by atoms with Gasteiger partial charge in [-0.1, -0.05) is 31.4 Å². The van der Waals surface area contributed by atoms with Crippen molar-refractivity contribution in [2.45, 2.75) is 39.2 Å². The SMILES string of the molecule is CCCCC(C)Nc1c(Cl)cc(N)cc1C(=O)OC. The van der Waals surface area contributed by atoms with E-state index in [1.165, 1.54) is 7.11 Å². The summed E-state index contributed by atoms with van der Waals surface area (Å²) in [7, 11) is 1.34. The fourth-order valence-electron chi connectivity index (χ4n) is 1.87. The fraction of sp³-hybridized carbons (Fsp3) is 0.500. The van der Waals surface area contributed by atoms with Gasteiger partial charge in [0.2, 0.25) is 0 Å². The minimum absolute atomic E-state index is 0.226. The first-order valence-corrected chi connectivity index (χ1v) is 6.81. The maximum Gasteiger partial charge on any atom is 0.340 e. The molecule has 0 saturated carbocycles. The minimum Gasteiger partial charge on any atom is -0.465 e. The van der Waals surface area contributed by atoms with Crippen molar-refractivity contribution in [3.05, 3.63) is 22.7 Å². The van der Waals surface area contributed by atoms with Crippen LogP contribution in [-0.2, 0) is 4.74 Å². The number of methoxy groups -OCH3 is 1. The first-order chi connectivity index (χ1) is 8.99. The van der Waals surface area contributed by atoms with Gasteiger partial charge in [-0.2, -0.15) is 0 Å². The Hall–Kier alpha value is -1.42. The van der Waals surface area contributed by atoms with E-state index in [-0.39, 0.29) is 6.04 Å². The Balaban J connectivity index is 3.00. The predicted molar refractivity (Wildman–Crippen MR) is 79.8 cm³/mol. The molecule has 0 aliphatic rings. The molecule has 0 amide bonds. The van der Waals surface area contributed by atoms with Crippen molar-refractivity contribution >= 4 is 28.9 Å². The van der Waals surface area contributed by atoms with Gasteiger partial charge in [0, 0.05) is 11.7 Å². The van der Waals surface area contributed by atoms with Crippen molar-refractivity contribution in [1.82, 2.24) is 0 Å². The van der Waals surface area contributed by atoms with Gasteiger partial charge in [-0.3, -0.25) is 0 Å². The van der Waals surface area contributed by atoms with E-state index < -0.39 is 5.97 Å². The van der Waals surface area contributed by atoms with E-state index in [9.17, 15) is 4.79 Å². The van der Waals surface area contributed by atoms with Gasteiger partial charge in [-0.25, -0.2) is 4.79 Å². The van der Waals surface area contributed by atoms with Crippen LogP contribution in [0.1, 0.15) is 43.5 Å². The molecular formula is C14H21ClN2O2. The van der Waals surface area contributed by atoms with E-state index in [4.69, 9.17) is 22.1 Å². The molecule has 0 spiro atoms. The van der Waals surface area contributed by atoms with Crippen molar-refractivity contribution in [3.63, 3.8) is 0 Å². The summed E-state index contributed by atoms with van der Waals surface area (Å²) in [4.78, 5) is 11.8. The number of benzene rings is 1. The predicted octanol–water partition coefficient (Wildman–Crippen LogP) is 3.70. The van der Waals surface area contributed by atoms with E-state index in [1.807, 2.05) is 0 Å². The van der Waals surface area contributed by atoms with E-state index in [0.717, 1.165) is 19.3 Å². The molecule has 0 aromatic heterocycles. The molecule has 5 heteroatoms. The van der Waals surface area contributed by atoms with E-state index in [0.29, 0.717) is 22.0 Å². The molecule has 0 aliphatic heterocycles. The highest BCUT2D eigenvalue weighted by Crippen LogP contribution is 2.30. The first-order valence-electron chi connectivity index (χ1n) is 6.43. The zero-order valence-corrected chi connectivity index (χ0v) is 12.4. The number of nitrogens with one attached hydrogen (secondary N) is 1. The zero-order chi connectivity index (χ0) is 14.4. The molecule has 1 unspecified atom stereocenters. The molecular weight excluding hydrogens is 264 g/mol. The lowest BCUT2D eigenvalue weighted by Crippen LogP contribution is -2.18. The van der Waals surface area contributed by atoms with Crippen LogP contribution in [0.4, 0.5) is 11.4 Å². The second-order valence-electron chi connectivity index (χ2n) is 4.60. The fourth-order valence-corrected chi connectivity index (χ4v) is 2.16. The molecule has 106 valence electrons. The zero-order valence-electron chi connectivity index (χ0n) is 11.6. The lowest BCUT2D eigenvalue weighted by Gasteiger charge is -2.19. The second kappa shape index (κ2) is 7.24. The van der Waals surface area contributed by atoms with Crippen molar-refractivity contribution in [1.29, 1.82) is 0 Å². The van der Waals surface area contributed by atoms with Crippen LogP contribution in [0.25, 0.3) is 0 Å². The summed E-state index contributed by atoms with van der Waals surface area (Å²) in [5, 5.41) is 3.70. The van der Waals surface area contributed by atoms with Crippen molar-refractivity contribution < 1.29 is 9.53 Å². The average molecular weight is 285 g/mol. The summed E-state index contributed by atoms with van der Waals surface area (Å²) in [6.07, 6.45) is 3.26. The molecule has 0 saturated heterocycles. The standard InChI is InChI=1S/C14H21ClN2O2/c1-4-5-6-9(2)17-13-11(14(18)19-3)7-10(16)8-12(13)15/h7-9,17H,4-6,16H2,1-3H3. The monoisotopic (exact) mass is 284 g/mol. The molecule has 1 atom stereocenters. The maximum atomic E-state index is 11.8. The highest BCUT2D eigenvalue weighted by molar-refractivity contribution is 6.34. The van der Waals surface area contributed by atoms with Crippen LogP contribution in [0, 0.1) is 0 Å². The number of hydrogen-bond acceptors (Lipinski definition) is 4. The molecule has 0 fully saturated rings. The normalized spacial score (nSPS) is 12.0. The van der Waals surface area contributed by atoms with Gasteiger partial charge in [0.15, 0.2) is 0 Å². The molecule has 1 rings (SSSR count). The third-order valence-electron chi connectivity index (χ3n) is 2.90. The third-order valence-corrected chi connectivity index (χ3v) is 3.20. The van der Waals surface area contributed by atoms with E-state index >= 15 is 0 Å². The van der Waals surface area contributed by atoms with Crippen LogP contribution >= 0.6 is 11.6 Å². The molecule has 0 bridgehead atoms. The Bertz CT molecular complexity index is 449. The number of carbonyl (C=O) groups excluding carboxylic acids is 1.